The third-order valence-corrected chi connectivity index (χ3v) is 3.20. The van der Waals surface area contributed by atoms with Gasteiger partial charge in [0.2, 0.25) is 11.7 Å². The summed E-state index contributed by atoms with van der Waals surface area (Å²) >= 11 is 3.33. The number of aromatic nitrogens is 4. The molecule has 2 aromatic heterocycles. The molecule has 0 aliphatic heterocycles. The van der Waals surface area contributed by atoms with Crippen LogP contribution in [0.2, 0.25) is 0 Å². The highest BCUT2D eigenvalue weighted by Crippen LogP contribution is 2.26. The van der Waals surface area contributed by atoms with Crippen LogP contribution in [0, 0.1) is 0 Å². The van der Waals surface area contributed by atoms with Gasteiger partial charge in [-0.1, -0.05) is 5.16 Å². The predicted molar refractivity (Wildman–Crippen MR) is 63.4 cm³/mol. The molecule has 2 aromatic rings. The molecule has 3 N–H and O–H groups in total. The van der Waals surface area contributed by atoms with Crippen molar-refractivity contribution in [3.8, 4) is 11.4 Å². The highest BCUT2D eigenvalue weighted by Gasteiger charge is 2.20. The van der Waals surface area contributed by atoms with E-state index in [0.717, 1.165) is 0 Å². The van der Waals surface area contributed by atoms with Crippen molar-refractivity contribution in [2.24, 2.45) is 12.8 Å². The molecule has 0 unspecified atom stereocenters. The molecule has 0 bridgehead atoms. The number of hydrogen-bond acceptors (Lipinski definition) is 6. The van der Waals surface area contributed by atoms with Crippen LogP contribution in [0.4, 0.5) is 0 Å². The van der Waals surface area contributed by atoms with Crippen molar-refractivity contribution in [1.29, 1.82) is 0 Å². The number of rotatable bonds is 4. The Labute approximate surface area is 110 Å². The molecule has 0 radical (unpaired) electrons. The molecule has 0 aliphatic carbocycles. The van der Waals surface area contributed by atoms with Gasteiger partial charge in [0.1, 0.15) is 4.60 Å². The summed E-state index contributed by atoms with van der Waals surface area (Å²) < 4.78 is 7.23. The van der Waals surface area contributed by atoms with Gasteiger partial charge in [-0.3, -0.25) is 9.48 Å². The largest absolute Gasteiger partial charge is 0.481 e. The molecule has 96 valence electrons. The highest BCUT2D eigenvalue weighted by molar-refractivity contribution is 9.10. The monoisotopic (exact) mass is 315 g/mol. The lowest BCUT2D eigenvalue weighted by Gasteiger charge is -2.00. The van der Waals surface area contributed by atoms with Gasteiger partial charge in [0.25, 0.3) is 0 Å². The molecular weight excluding hydrogens is 306 g/mol. The standard InChI is InChI=1S/C9H10BrN5O3/c1-15-7(10)4(3-12-15)8-13-9(18-14-8)5(11)2-6(16)17/h3,5H,2,11H2,1H3,(H,16,17)/t5-/m0/s1. The minimum atomic E-state index is -1.02. The lowest BCUT2D eigenvalue weighted by molar-refractivity contribution is -0.137. The zero-order chi connectivity index (χ0) is 13.3. The quantitative estimate of drug-likeness (QED) is 0.852. The number of carboxylic acids is 1. The van der Waals surface area contributed by atoms with Gasteiger partial charge >= 0.3 is 5.97 Å². The fourth-order valence-electron chi connectivity index (χ4n) is 1.34. The average Bonchev–Trinajstić information content (AvgIpc) is 2.87. The van der Waals surface area contributed by atoms with Crippen molar-refractivity contribution >= 4 is 21.9 Å². The summed E-state index contributed by atoms with van der Waals surface area (Å²) in [6, 6.07) is -0.820. The van der Waals surface area contributed by atoms with Crippen molar-refractivity contribution in [1.82, 2.24) is 19.9 Å². The van der Waals surface area contributed by atoms with Crippen molar-refractivity contribution in [2.45, 2.75) is 12.5 Å². The number of aryl methyl sites for hydroxylation is 1. The molecule has 0 saturated carbocycles. The maximum Gasteiger partial charge on any atom is 0.305 e. The third kappa shape index (κ3) is 2.41. The zero-order valence-electron chi connectivity index (χ0n) is 9.37. The first-order valence-corrected chi connectivity index (χ1v) is 5.77. The van der Waals surface area contributed by atoms with E-state index in [1.165, 1.54) is 0 Å². The van der Waals surface area contributed by atoms with Crippen molar-refractivity contribution < 1.29 is 14.4 Å². The number of nitrogens with zero attached hydrogens (tertiary/aromatic N) is 4. The smallest absolute Gasteiger partial charge is 0.305 e. The number of carbonyl (C=O) groups is 1. The van der Waals surface area contributed by atoms with E-state index in [0.29, 0.717) is 16.0 Å². The van der Waals surface area contributed by atoms with Crippen molar-refractivity contribution in [3.05, 3.63) is 16.7 Å². The molecule has 1 atom stereocenters. The lowest BCUT2D eigenvalue weighted by atomic mass is 10.2. The van der Waals surface area contributed by atoms with E-state index >= 15 is 0 Å². The van der Waals surface area contributed by atoms with Gasteiger partial charge in [-0.25, -0.2) is 0 Å². The van der Waals surface area contributed by atoms with Crippen LogP contribution in [0.3, 0.4) is 0 Å². The van der Waals surface area contributed by atoms with E-state index < -0.39 is 12.0 Å². The van der Waals surface area contributed by atoms with Gasteiger partial charge in [0, 0.05) is 7.05 Å². The van der Waals surface area contributed by atoms with E-state index in [2.05, 4.69) is 31.2 Å². The van der Waals surface area contributed by atoms with E-state index in [1.54, 1.807) is 17.9 Å². The Morgan fingerprint density at radius 2 is 2.44 bits per heavy atom. The van der Waals surface area contributed by atoms with Gasteiger partial charge in [-0.2, -0.15) is 10.1 Å². The second-order valence-electron chi connectivity index (χ2n) is 3.63. The first-order chi connectivity index (χ1) is 8.49. The number of halogens is 1. The van der Waals surface area contributed by atoms with Gasteiger partial charge < -0.3 is 15.4 Å². The lowest BCUT2D eigenvalue weighted by Crippen LogP contribution is -2.15. The van der Waals surface area contributed by atoms with Gasteiger partial charge in [0.15, 0.2) is 0 Å². The molecule has 8 nitrogen and oxygen atoms in total. The predicted octanol–water partition coefficient (Wildman–Crippen LogP) is 0.707. The Hall–Kier alpha value is -1.74. The zero-order valence-corrected chi connectivity index (χ0v) is 11.0. The summed E-state index contributed by atoms with van der Waals surface area (Å²) in [7, 11) is 1.75. The Balaban J connectivity index is 2.25. The molecule has 9 heteroatoms. The van der Waals surface area contributed by atoms with Crippen LogP contribution in [0.1, 0.15) is 18.4 Å². The number of carboxylic acid groups (broad SMARTS) is 1. The summed E-state index contributed by atoms with van der Waals surface area (Å²) in [5.41, 5.74) is 6.27. The van der Waals surface area contributed by atoms with Crippen LogP contribution in [0.25, 0.3) is 11.4 Å². The molecule has 0 saturated heterocycles. The van der Waals surface area contributed by atoms with Gasteiger partial charge in [0.05, 0.1) is 24.2 Å². The molecule has 0 spiro atoms. The minimum Gasteiger partial charge on any atom is -0.481 e. The summed E-state index contributed by atoms with van der Waals surface area (Å²) in [4.78, 5) is 14.6. The summed E-state index contributed by atoms with van der Waals surface area (Å²) in [6.45, 7) is 0. The van der Waals surface area contributed by atoms with Crippen molar-refractivity contribution in [2.75, 3.05) is 0 Å². The molecule has 0 amide bonds. The number of hydrogen-bond donors (Lipinski definition) is 2. The fourth-order valence-corrected chi connectivity index (χ4v) is 1.71. The van der Waals surface area contributed by atoms with E-state index in [9.17, 15) is 4.79 Å². The maximum absolute atomic E-state index is 10.5. The molecule has 2 rings (SSSR count). The first-order valence-electron chi connectivity index (χ1n) is 4.98. The van der Waals surface area contributed by atoms with Crippen LogP contribution in [-0.2, 0) is 11.8 Å². The average molecular weight is 316 g/mol. The third-order valence-electron chi connectivity index (χ3n) is 2.26. The topological polar surface area (TPSA) is 120 Å². The van der Waals surface area contributed by atoms with Crippen LogP contribution < -0.4 is 5.73 Å². The molecule has 2 heterocycles. The van der Waals surface area contributed by atoms with E-state index in [1.807, 2.05) is 0 Å². The van der Waals surface area contributed by atoms with E-state index in [-0.39, 0.29) is 12.3 Å². The SMILES string of the molecule is Cn1ncc(-c2noc([C@@H](N)CC(=O)O)n2)c1Br. The molecular formula is C9H10BrN5O3. The van der Waals surface area contributed by atoms with Gasteiger partial charge in [-0.05, 0) is 15.9 Å². The maximum atomic E-state index is 10.5. The Kier molecular flexibility index (Phi) is 3.43. The van der Waals surface area contributed by atoms with Crippen LogP contribution in [0.5, 0.6) is 0 Å². The first kappa shape index (κ1) is 12.7. The summed E-state index contributed by atoms with van der Waals surface area (Å²) in [5, 5.41) is 16.4. The Bertz CT molecular complexity index is 579. The summed E-state index contributed by atoms with van der Waals surface area (Å²) in [5.74, 6) is -0.626. The molecule has 0 aromatic carbocycles. The second kappa shape index (κ2) is 4.86. The second-order valence-corrected chi connectivity index (χ2v) is 4.38. The highest BCUT2D eigenvalue weighted by atomic mass is 79.9. The minimum absolute atomic E-state index is 0.0863. The van der Waals surface area contributed by atoms with Crippen LogP contribution in [-0.4, -0.2) is 31.0 Å². The van der Waals surface area contributed by atoms with E-state index in [4.69, 9.17) is 15.4 Å². The number of aliphatic carboxylic acids is 1. The summed E-state index contributed by atoms with van der Waals surface area (Å²) in [6.07, 6.45) is 1.30. The van der Waals surface area contributed by atoms with Crippen molar-refractivity contribution in [3.63, 3.8) is 0 Å². The van der Waals surface area contributed by atoms with Crippen LogP contribution in [0.15, 0.2) is 15.3 Å². The normalized spacial score (nSPS) is 12.6. The molecule has 18 heavy (non-hydrogen) atoms. The Morgan fingerprint density at radius 3 is 3.00 bits per heavy atom. The van der Waals surface area contributed by atoms with Gasteiger partial charge in [-0.15, -0.1) is 0 Å². The van der Waals surface area contributed by atoms with Crippen LogP contribution >= 0.6 is 15.9 Å². The fraction of sp³-hybridized carbons (Fsp3) is 0.333. The molecule has 0 fully saturated rings. The Morgan fingerprint density at radius 1 is 1.72 bits per heavy atom. The molecule has 0 aliphatic rings. The number of nitrogens with two attached hydrogens (primary N) is 1.